The Bertz CT molecular complexity index is 414. The molecule has 1 rings (SSSR count). The van der Waals surface area contributed by atoms with Gasteiger partial charge >= 0.3 is 5.97 Å². The minimum absolute atomic E-state index is 0.126. The molecule has 0 spiro atoms. The highest BCUT2D eigenvalue weighted by atomic mass is 16.5. The second-order valence-corrected chi connectivity index (χ2v) is 4.00. The predicted molar refractivity (Wildman–Crippen MR) is 71.2 cm³/mol. The van der Waals surface area contributed by atoms with E-state index in [0.717, 1.165) is 6.42 Å². The van der Waals surface area contributed by atoms with Crippen LogP contribution < -0.4 is 10.1 Å². The van der Waals surface area contributed by atoms with Crippen LogP contribution in [0.4, 0.5) is 0 Å². The Labute approximate surface area is 112 Å². The Morgan fingerprint density at radius 1 is 1.21 bits per heavy atom. The summed E-state index contributed by atoms with van der Waals surface area (Å²) in [4.78, 5) is 23.0. The summed E-state index contributed by atoms with van der Waals surface area (Å²) in [5, 5.41) is 2.77. The number of ether oxygens (including phenoxy) is 2. The summed E-state index contributed by atoms with van der Waals surface area (Å²) < 4.78 is 9.87. The van der Waals surface area contributed by atoms with Gasteiger partial charge in [0.1, 0.15) is 5.75 Å². The average molecular weight is 265 g/mol. The van der Waals surface area contributed by atoms with Crippen LogP contribution in [0.25, 0.3) is 0 Å². The van der Waals surface area contributed by atoms with Gasteiger partial charge in [-0.2, -0.15) is 0 Å². The maximum atomic E-state index is 11.6. The topological polar surface area (TPSA) is 64.6 Å². The van der Waals surface area contributed by atoms with E-state index in [9.17, 15) is 9.59 Å². The van der Waals surface area contributed by atoms with Crippen molar-refractivity contribution >= 4 is 11.9 Å². The number of benzene rings is 1. The van der Waals surface area contributed by atoms with Crippen molar-refractivity contribution in [3.05, 3.63) is 29.8 Å². The zero-order chi connectivity index (χ0) is 14.1. The minimum Gasteiger partial charge on any atom is -0.426 e. The van der Waals surface area contributed by atoms with Crippen molar-refractivity contribution in [1.82, 2.24) is 5.32 Å². The van der Waals surface area contributed by atoms with Gasteiger partial charge in [-0.05, 0) is 30.7 Å². The van der Waals surface area contributed by atoms with E-state index < -0.39 is 0 Å². The number of amides is 1. The van der Waals surface area contributed by atoms with Crippen molar-refractivity contribution in [2.45, 2.75) is 19.8 Å². The molecule has 1 aromatic rings. The van der Waals surface area contributed by atoms with E-state index >= 15 is 0 Å². The molecule has 19 heavy (non-hydrogen) atoms. The number of carbonyl (C=O) groups excluding carboxylic acids is 2. The summed E-state index contributed by atoms with van der Waals surface area (Å²) in [6.07, 6.45) is 1.09. The summed E-state index contributed by atoms with van der Waals surface area (Å²) in [6.45, 7) is 2.96. The van der Waals surface area contributed by atoms with E-state index in [4.69, 9.17) is 9.47 Å². The standard InChI is InChI=1S/C14H19NO4/c1-3-9-15-14(17)11-4-6-12(7-5-11)19-13(16)8-10-18-2/h4-7H,3,8-10H2,1-2H3,(H,15,17). The van der Waals surface area contributed by atoms with Crippen LogP contribution in [0.1, 0.15) is 30.1 Å². The highest BCUT2D eigenvalue weighted by Gasteiger charge is 2.07. The number of hydrogen-bond acceptors (Lipinski definition) is 4. The summed E-state index contributed by atoms with van der Waals surface area (Å²) in [5.41, 5.74) is 0.546. The van der Waals surface area contributed by atoms with Crippen molar-refractivity contribution < 1.29 is 19.1 Å². The first-order chi connectivity index (χ1) is 9.17. The average Bonchev–Trinajstić information content (AvgIpc) is 2.43. The molecule has 1 aromatic carbocycles. The maximum Gasteiger partial charge on any atom is 0.313 e. The van der Waals surface area contributed by atoms with Crippen molar-refractivity contribution in [3.63, 3.8) is 0 Å². The fraction of sp³-hybridized carbons (Fsp3) is 0.429. The molecule has 1 amide bonds. The molecule has 5 heteroatoms. The normalized spacial score (nSPS) is 10.0. The van der Waals surface area contributed by atoms with E-state index in [-0.39, 0.29) is 18.3 Å². The lowest BCUT2D eigenvalue weighted by Gasteiger charge is -2.06. The quantitative estimate of drug-likeness (QED) is 0.603. The highest BCUT2D eigenvalue weighted by molar-refractivity contribution is 5.94. The van der Waals surface area contributed by atoms with Gasteiger partial charge in [0, 0.05) is 19.2 Å². The van der Waals surface area contributed by atoms with Crippen molar-refractivity contribution in [3.8, 4) is 5.75 Å². The molecule has 1 N–H and O–H groups in total. The Morgan fingerprint density at radius 2 is 1.89 bits per heavy atom. The van der Waals surface area contributed by atoms with Crippen LogP contribution in [0.2, 0.25) is 0 Å². The smallest absolute Gasteiger partial charge is 0.313 e. The summed E-state index contributed by atoms with van der Waals surface area (Å²) in [7, 11) is 1.52. The van der Waals surface area contributed by atoms with Gasteiger partial charge in [-0.15, -0.1) is 0 Å². The maximum absolute atomic E-state index is 11.6. The third-order valence-electron chi connectivity index (χ3n) is 2.39. The number of hydrogen-bond donors (Lipinski definition) is 1. The van der Waals surface area contributed by atoms with E-state index in [1.807, 2.05) is 6.92 Å². The van der Waals surface area contributed by atoms with Crippen molar-refractivity contribution in [1.29, 1.82) is 0 Å². The second kappa shape index (κ2) is 8.26. The van der Waals surface area contributed by atoms with Gasteiger partial charge in [-0.3, -0.25) is 9.59 Å². The molecule has 0 saturated heterocycles. The third kappa shape index (κ3) is 5.52. The van der Waals surface area contributed by atoms with Crippen LogP contribution in [0.5, 0.6) is 5.75 Å². The lowest BCUT2D eigenvalue weighted by Crippen LogP contribution is -2.23. The molecular weight excluding hydrogens is 246 g/mol. The van der Waals surface area contributed by atoms with Crippen LogP contribution in [0, 0.1) is 0 Å². The van der Waals surface area contributed by atoms with Gasteiger partial charge in [-0.1, -0.05) is 6.92 Å². The van der Waals surface area contributed by atoms with Crippen LogP contribution >= 0.6 is 0 Å². The third-order valence-corrected chi connectivity index (χ3v) is 2.39. The number of nitrogens with one attached hydrogen (secondary N) is 1. The van der Waals surface area contributed by atoms with E-state index in [1.165, 1.54) is 7.11 Å². The van der Waals surface area contributed by atoms with E-state index in [0.29, 0.717) is 24.5 Å². The number of rotatable bonds is 7. The van der Waals surface area contributed by atoms with Crippen LogP contribution in [0.15, 0.2) is 24.3 Å². The molecule has 0 fully saturated rings. The van der Waals surface area contributed by atoms with Crippen LogP contribution in [-0.4, -0.2) is 32.1 Å². The number of carbonyl (C=O) groups is 2. The summed E-state index contributed by atoms with van der Waals surface area (Å²) >= 11 is 0. The molecule has 0 radical (unpaired) electrons. The molecular formula is C14H19NO4. The SMILES string of the molecule is CCCNC(=O)c1ccc(OC(=O)CCOC)cc1. The van der Waals surface area contributed by atoms with E-state index in [1.54, 1.807) is 24.3 Å². The molecule has 0 aliphatic carbocycles. The van der Waals surface area contributed by atoms with Gasteiger partial charge < -0.3 is 14.8 Å². The molecule has 0 unspecified atom stereocenters. The van der Waals surface area contributed by atoms with Crippen LogP contribution in [-0.2, 0) is 9.53 Å². The summed E-state index contributed by atoms with van der Waals surface area (Å²) in [6, 6.07) is 6.46. The fourth-order valence-corrected chi connectivity index (χ4v) is 1.38. The molecule has 5 nitrogen and oxygen atoms in total. The van der Waals surface area contributed by atoms with Crippen molar-refractivity contribution in [2.75, 3.05) is 20.3 Å². The van der Waals surface area contributed by atoms with Gasteiger partial charge in [0.15, 0.2) is 0 Å². The largest absolute Gasteiger partial charge is 0.426 e. The summed E-state index contributed by atoms with van der Waals surface area (Å²) in [5.74, 6) is -0.0581. The van der Waals surface area contributed by atoms with Gasteiger partial charge in [-0.25, -0.2) is 0 Å². The highest BCUT2D eigenvalue weighted by Crippen LogP contribution is 2.13. The molecule has 0 bridgehead atoms. The monoisotopic (exact) mass is 265 g/mol. The molecule has 0 aliphatic heterocycles. The van der Waals surface area contributed by atoms with E-state index in [2.05, 4.69) is 5.32 Å². The fourth-order valence-electron chi connectivity index (χ4n) is 1.38. The van der Waals surface area contributed by atoms with Gasteiger partial charge in [0.25, 0.3) is 5.91 Å². The van der Waals surface area contributed by atoms with Crippen LogP contribution in [0.3, 0.4) is 0 Å². The second-order valence-electron chi connectivity index (χ2n) is 4.00. The lowest BCUT2D eigenvalue weighted by atomic mass is 10.2. The van der Waals surface area contributed by atoms with Gasteiger partial charge in [0.05, 0.1) is 13.0 Å². The predicted octanol–water partition coefficient (Wildman–Crippen LogP) is 1.77. The molecule has 104 valence electrons. The first-order valence-electron chi connectivity index (χ1n) is 6.25. The number of methoxy groups -OCH3 is 1. The Hall–Kier alpha value is -1.88. The van der Waals surface area contributed by atoms with Crippen molar-refractivity contribution in [2.24, 2.45) is 0 Å². The molecule has 0 aromatic heterocycles. The molecule has 0 saturated carbocycles. The van der Waals surface area contributed by atoms with Gasteiger partial charge in [0.2, 0.25) is 0 Å². The Kier molecular flexibility index (Phi) is 6.60. The zero-order valence-electron chi connectivity index (χ0n) is 11.3. The molecule has 0 atom stereocenters. The minimum atomic E-state index is -0.356. The Balaban J connectivity index is 2.51. The Morgan fingerprint density at radius 3 is 2.47 bits per heavy atom. The molecule has 0 aliphatic rings. The first-order valence-corrected chi connectivity index (χ1v) is 6.25. The molecule has 0 heterocycles. The first kappa shape index (κ1) is 15.2. The zero-order valence-corrected chi connectivity index (χ0v) is 11.3. The lowest BCUT2D eigenvalue weighted by molar-refractivity contribution is -0.135. The number of esters is 1.